The van der Waals surface area contributed by atoms with Crippen LogP contribution in [0.2, 0.25) is 0 Å². The molecule has 0 bridgehead atoms. The summed E-state index contributed by atoms with van der Waals surface area (Å²) in [6.45, 7) is 0. The van der Waals surface area contributed by atoms with Gasteiger partial charge in [0.2, 0.25) is 0 Å². The monoisotopic (exact) mass is 336 g/mol. The number of benzene rings is 2. The molecule has 17 heavy (non-hydrogen) atoms. The quantitative estimate of drug-likeness (QED) is 0.578. The molecule has 1 nitrogen and oxygen atoms in total. The maximum atomic E-state index is 12.2. The van der Waals surface area contributed by atoms with E-state index in [-0.39, 0.29) is 5.78 Å². The van der Waals surface area contributed by atoms with Crippen LogP contribution in [0.3, 0.4) is 0 Å². The molecule has 2 aromatic carbocycles. The zero-order valence-electron chi connectivity index (χ0n) is 9.09. The zero-order valence-corrected chi connectivity index (χ0v) is 11.4. The molecule has 1 aliphatic heterocycles. The van der Waals surface area contributed by atoms with E-state index in [0.717, 1.165) is 14.7 Å². The minimum atomic E-state index is -0.489. The summed E-state index contributed by atoms with van der Waals surface area (Å²) in [6.07, 6.45) is 2.05. The van der Waals surface area contributed by atoms with Crippen molar-refractivity contribution in [3.63, 3.8) is 0 Å². The van der Waals surface area contributed by atoms with Gasteiger partial charge in [-0.3, -0.25) is 0 Å². The van der Waals surface area contributed by atoms with Gasteiger partial charge in [-0.15, -0.1) is 0 Å². The third-order valence-corrected chi connectivity index (χ3v) is 5.81. The molecular weight excluding hydrogens is 324 g/mol. The van der Waals surface area contributed by atoms with Crippen molar-refractivity contribution in [2.24, 2.45) is 0 Å². The molecule has 1 aliphatic rings. The summed E-state index contributed by atoms with van der Waals surface area (Å²) in [7, 11) is 0. The number of allylic oxidation sites excluding steroid dienone is 1. The van der Waals surface area contributed by atoms with Gasteiger partial charge >= 0.3 is 111 Å². The molecule has 82 valence electrons. The number of carbonyl (C=O) groups excluding carboxylic acids is 1. The van der Waals surface area contributed by atoms with Crippen LogP contribution >= 0.6 is 0 Å². The van der Waals surface area contributed by atoms with Crippen molar-refractivity contribution in [1.82, 2.24) is 0 Å². The van der Waals surface area contributed by atoms with Gasteiger partial charge in [-0.2, -0.15) is 0 Å². The topological polar surface area (TPSA) is 17.1 Å². The molecule has 2 heteroatoms. The van der Waals surface area contributed by atoms with E-state index >= 15 is 0 Å². The Hall–Kier alpha value is -1.36. The van der Waals surface area contributed by atoms with E-state index in [0.29, 0.717) is 0 Å². The second-order valence-electron chi connectivity index (χ2n) is 3.85. The molecular formula is C15H10OTe. The van der Waals surface area contributed by atoms with Crippen molar-refractivity contribution in [1.29, 1.82) is 0 Å². The van der Waals surface area contributed by atoms with Gasteiger partial charge in [-0.05, 0) is 0 Å². The van der Waals surface area contributed by atoms with E-state index in [1.807, 2.05) is 54.6 Å². The van der Waals surface area contributed by atoms with Gasteiger partial charge in [0.1, 0.15) is 0 Å². The molecule has 0 amide bonds. The van der Waals surface area contributed by atoms with E-state index in [9.17, 15) is 4.79 Å². The number of fused-ring (bicyclic) bond motifs is 1. The van der Waals surface area contributed by atoms with Crippen LogP contribution in [0.15, 0.2) is 58.2 Å². The normalized spacial score (nSPS) is 16.2. The Balaban J connectivity index is 2.00. The van der Waals surface area contributed by atoms with Crippen molar-refractivity contribution in [2.45, 2.75) is 0 Å². The minimum absolute atomic E-state index is 0.229. The van der Waals surface area contributed by atoms with Crippen molar-refractivity contribution in [3.8, 4) is 0 Å². The number of ketones is 1. The zero-order chi connectivity index (χ0) is 11.7. The summed E-state index contributed by atoms with van der Waals surface area (Å²) in [5.41, 5.74) is 2.03. The molecule has 0 aromatic heterocycles. The molecule has 0 aliphatic carbocycles. The Morgan fingerprint density at radius 2 is 1.59 bits per heavy atom. The number of rotatable bonds is 1. The van der Waals surface area contributed by atoms with Crippen molar-refractivity contribution >= 4 is 36.4 Å². The van der Waals surface area contributed by atoms with Gasteiger partial charge in [-0.25, -0.2) is 0 Å². The first kappa shape index (κ1) is 10.8. The van der Waals surface area contributed by atoms with Gasteiger partial charge in [0.05, 0.1) is 0 Å². The van der Waals surface area contributed by atoms with Crippen molar-refractivity contribution in [3.05, 3.63) is 69.3 Å². The number of Topliss-reactive ketones (excluding diaryl/α,β-unsaturated/α-hetero) is 1. The van der Waals surface area contributed by atoms with E-state index in [1.165, 1.54) is 3.61 Å². The maximum absolute atomic E-state index is 12.2. The standard InChI is InChI=1S/C15H10OTe/c16-15-12-8-4-5-9-13(12)17-14(15)10-11-6-2-1-3-7-11/h1-10H/b14-10-. The molecule has 0 spiro atoms. The molecule has 3 rings (SSSR count). The fourth-order valence-electron chi connectivity index (χ4n) is 1.84. The van der Waals surface area contributed by atoms with Crippen LogP contribution in [-0.2, 0) is 0 Å². The summed E-state index contributed by atoms with van der Waals surface area (Å²) in [6, 6.07) is 18.0. The SMILES string of the molecule is O=C1/C(=C/c2ccccc2)[Te]c2ccccc21. The van der Waals surface area contributed by atoms with Crippen LogP contribution in [0.5, 0.6) is 0 Å². The average molecular weight is 334 g/mol. The predicted molar refractivity (Wildman–Crippen MR) is 70.6 cm³/mol. The Kier molecular flexibility index (Phi) is 2.84. The van der Waals surface area contributed by atoms with Gasteiger partial charge in [-0.1, -0.05) is 0 Å². The van der Waals surface area contributed by atoms with Crippen LogP contribution in [0.4, 0.5) is 0 Å². The average Bonchev–Trinajstić information content (AvgIpc) is 2.68. The third-order valence-electron chi connectivity index (χ3n) is 2.67. The first-order valence-electron chi connectivity index (χ1n) is 5.43. The second kappa shape index (κ2) is 4.49. The summed E-state index contributed by atoms with van der Waals surface area (Å²) in [4.78, 5) is 12.2. The summed E-state index contributed by atoms with van der Waals surface area (Å²) < 4.78 is 2.29. The van der Waals surface area contributed by atoms with E-state index in [4.69, 9.17) is 0 Å². The van der Waals surface area contributed by atoms with E-state index in [2.05, 4.69) is 6.07 Å². The van der Waals surface area contributed by atoms with Crippen LogP contribution in [0, 0.1) is 0 Å². The van der Waals surface area contributed by atoms with Gasteiger partial charge < -0.3 is 0 Å². The van der Waals surface area contributed by atoms with Crippen LogP contribution in [-0.4, -0.2) is 26.7 Å². The number of hydrogen-bond acceptors (Lipinski definition) is 1. The van der Waals surface area contributed by atoms with Crippen LogP contribution in [0.1, 0.15) is 15.9 Å². The second-order valence-corrected chi connectivity index (χ2v) is 6.94. The Morgan fingerprint density at radius 1 is 0.882 bits per heavy atom. The van der Waals surface area contributed by atoms with Crippen LogP contribution < -0.4 is 3.61 Å². The molecule has 0 saturated carbocycles. The molecule has 0 N–H and O–H groups in total. The Labute approximate surface area is 110 Å². The summed E-state index contributed by atoms with van der Waals surface area (Å²) in [5.74, 6) is 0.229. The van der Waals surface area contributed by atoms with Gasteiger partial charge in [0.15, 0.2) is 0 Å². The van der Waals surface area contributed by atoms with Crippen LogP contribution in [0.25, 0.3) is 6.08 Å². The molecule has 1 heterocycles. The Morgan fingerprint density at radius 3 is 2.35 bits per heavy atom. The molecule has 0 radical (unpaired) electrons. The third kappa shape index (κ3) is 2.07. The van der Waals surface area contributed by atoms with Gasteiger partial charge in [0, 0.05) is 0 Å². The molecule has 0 unspecified atom stereocenters. The van der Waals surface area contributed by atoms with Crippen molar-refractivity contribution < 1.29 is 4.79 Å². The Bertz CT molecular complexity index is 599. The summed E-state index contributed by atoms with van der Waals surface area (Å²) in [5, 5.41) is 0. The summed E-state index contributed by atoms with van der Waals surface area (Å²) >= 11 is -0.489. The molecule has 0 fully saturated rings. The molecule has 2 aromatic rings. The fourth-order valence-corrected chi connectivity index (χ4v) is 4.84. The number of hydrogen-bond donors (Lipinski definition) is 0. The molecule has 0 atom stereocenters. The number of carbonyl (C=O) groups is 1. The first-order valence-corrected chi connectivity index (χ1v) is 7.76. The fraction of sp³-hybridized carbons (Fsp3) is 0. The van der Waals surface area contributed by atoms with Gasteiger partial charge in [0.25, 0.3) is 0 Å². The predicted octanol–water partition coefficient (Wildman–Crippen LogP) is 2.25. The first-order chi connectivity index (χ1) is 8.34. The van der Waals surface area contributed by atoms with Crippen molar-refractivity contribution in [2.75, 3.05) is 0 Å². The van der Waals surface area contributed by atoms with E-state index < -0.39 is 20.9 Å². The van der Waals surface area contributed by atoms with E-state index in [1.54, 1.807) is 0 Å². The molecule has 0 saturated heterocycles.